The topological polar surface area (TPSA) is 23.8 Å². The summed E-state index contributed by atoms with van der Waals surface area (Å²) >= 11 is 5.70. The van der Waals surface area contributed by atoms with Crippen LogP contribution in [0.1, 0.15) is 12.5 Å². The molecule has 0 bridgehead atoms. The van der Waals surface area contributed by atoms with E-state index in [9.17, 15) is 0 Å². The smallest absolute Gasteiger partial charge is 0.0944 e. The zero-order valence-electron chi connectivity index (χ0n) is 6.71. The number of hydrogen-bond donors (Lipinski definition) is 0. The van der Waals surface area contributed by atoms with Gasteiger partial charge in [-0.25, -0.2) is 0 Å². The lowest BCUT2D eigenvalue weighted by atomic mass is 10.1. The Morgan fingerprint density at radius 3 is 2.50 bits per heavy atom. The van der Waals surface area contributed by atoms with Crippen LogP contribution >= 0.6 is 11.6 Å². The SMILES string of the molecule is C/C(C#N)=C/c1ccc(Cl)cc1. The molecule has 1 nitrogen and oxygen atoms in total. The van der Waals surface area contributed by atoms with Crippen molar-refractivity contribution in [3.63, 3.8) is 0 Å². The van der Waals surface area contributed by atoms with Crippen LogP contribution in [0.25, 0.3) is 6.08 Å². The summed E-state index contributed by atoms with van der Waals surface area (Å²) < 4.78 is 0. The van der Waals surface area contributed by atoms with Gasteiger partial charge in [0, 0.05) is 10.6 Å². The first-order chi connectivity index (χ1) is 5.72. The van der Waals surface area contributed by atoms with Gasteiger partial charge in [0.05, 0.1) is 6.07 Å². The minimum Gasteiger partial charge on any atom is -0.193 e. The largest absolute Gasteiger partial charge is 0.193 e. The molecule has 0 aliphatic heterocycles. The second-order valence-electron chi connectivity index (χ2n) is 2.49. The van der Waals surface area contributed by atoms with Crippen LogP contribution in [0.4, 0.5) is 0 Å². The van der Waals surface area contributed by atoms with E-state index in [1.54, 1.807) is 19.1 Å². The molecule has 0 N–H and O–H groups in total. The Morgan fingerprint density at radius 1 is 1.42 bits per heavy atom. The molecule has 0 aliphatic carbocycles. The van der Waals surface area contributed by atoms with E-state index in [1.165, 1.54) is 0 Å². The number of benzene rings is 1. The van der Waals surface area contributed by atoms with Crippen LogP contribution in [0.2, 0.25) is 5.02 Å². The highest BCUT2D eigenvalue weighted by Crippen LogP contribution is 2.11. The third-order valence-electron chi connectivity index (χ3n) is 1.43. The lowest BCUT2D eigenvalue weighted by Crippen LogP contribution is -1.73. The highest BCUT2D eigenvalue weighted by Gasteiger charge is 1.89. The standard InChI is InChI=1S/C10H8ClN/c1-8(7-12)6-9-2-4-10(11)5-3-9/h2-6H,1H3/b8-6-. The van der Waals surface area contributed by atoms with E-state index >= 15 is 0 Å². The summed E-state index contributed by atoms with van der Waals surface area (Å²) in [5, 5.41) is 9.22. The second-order valence-corrected chi connectivity index (χ2v) is 2.93. The zero-order chi connectivity index (χ0) is 8.97. The number of rotatable bonds is 1. The first-order valence-electron chi connectivity index (χ1n) is 3.56. The number of nitrogens with zero attached hydrogens (tertiary/aromatic N) is 1. The van der Waals surface area contributed by atoms with E-state index in [2.05, 4.69) is 6.07 Å². The highest BCUT2D eigenvalue weighted by atomic mass is 35.5. The summed E-state index contributed by atoms with van der Waals surface area (Å²) in [6.07, 6.45) is 1.82. The third kappa shape index (κ3) is 2.41. The van der Waals surface area contributed by atoms with Gasteiger partial charge in [-0.2, -0.15) is 5.26 Å². The molecule has 0 fully saturated rings. The molecular weight excluding hydrogens is 170 g/mol. The molecule has 0 spiro atoms. The zero-order valence-corrected chi connectivity index (χ0v) is 7.47. The van der Waals surface area contributed by atoms with E-state index in [1.807, 2.05) is 18.2 Å². The molecule has 0 radical (unpaired) electrons. The fourth-order valence-electron chi connectivity index (χ4n) is 0.841. The fourth-order valence-corrected chi connectivity index (χ4v) is 0.967. The van der Waals surface area contributed by atoms with Crippen LogP contribution in [-0.2, 0) is 0 Å². The van der Waals surface area contributed by atoms with Gasteiger partial charge in [0.25, 0.3) is 0 Å². The molecular formula is C10H8ClN. The van der Waals surface area contributed by atoms with Gasteiger partial charge in [-0.1, -0.05) is 23.7 Å². The van der Waals surface area contributed by atoms with Crippen molar-refractivity contribution in [3.05, 3.63) is 40.4 Å². The van der Waals surface area contributed by atoms with Crippen molar-refractivity contribution in [2.75, 3.05) is 0 Å². The van der Waals surface area contributed by atoms with Crippen LogP contribution in [0.15, 0.2) is 29.8 Å². The number of hydrogen-bond acceptors (Lipinski definition) is 1. The molecule has 1 aromatic rings. The summed E-state index contributed by atoms with van der Waals surface area (Å²) in [7, 11) is 0. The van der Waals surface area contributed by atoms with Gasteiger partial charge in [-0.3, -0.25) is 0 Å². The van der Waals surface area contributed by atoms with Gasteiger partial charge in [0.15, 0.2) is 0 Å². The summed E-state index contributed by atoms with van der Waals surface area (Å²) in [5.74, 6) is 0. The Hall–Kier alpha value is -1.26. The van der Waals surface area contributed by atoms with Crippen LogP contribution in [0.5, 0.6) is 0 Å². The van der Waals surface area contributed by atoms with E-state index < -0.39 is 0 Å². The van der Waals surface area contributed by atoms with E-state index in [0.29, 0.717) is 10.6 Å². The predicted molar refractivity (Wildman–Crippen MR) is 50.7 cm³/mol. The lowest BCUT2D eigenvalue weighted by molar-refractivity contribution is 1.46. The molecule has 1 rings (SSSR count). The molecule has 60 valence electrons. The maximum atomic E-state index is 8.51. The van der Waals surface area contributed by atoms with Gasteiger partial charge >= 0.3 is 0 Å². The molecule has 0 aromatic heterocycles. The van der Waals surface area contributed by atoms with Gasteiger partial charge < -0.3 is 0 Å². The average Bonchev–Trinajstić information content (AvgIpc) is 2.09. The van der Waals surface area contributed by atoms with Crippen LogP contribution in [0, 0.1) is 11.3 Å². The molecule has 0 amide bonds. The average molecular weight is 178 g/mol. The Morgan fingerprint density at radius 2 is 2.00 bits per heavy atom. The van der Waals surface area contributed by atoms with E-state index in [4.69, 9.17) is 16.9 Å². The van der Waals surface area contributed by atoms with E-state index in [0.717, 1.165) is 5.56 Å². The Labute approximate surface area is 76.9 Å². The number of halogens is 1. The Kier molecular flexibility index (Phi) is 2.90. The monoisotopic (exact) mass is 177 g/mol. The summed E-state index contributed by atoms with van der Waals surface area (Å²) in [6.45, 7) is 1.77. The molecule has 0 saturated heterocycles. The van der Waals surface area contributed by atoms with Crippen molar-refractivity contribution in [3.8, 4) is 6.07 Å². The fraction of sp³-hybridized carbons (Fsp3) is 0.100. The van der Waals surface area contributed by atoms with E-state index in [-0.39, 0.29) is 0 Å². The normalized spacial score (nSPS) is 10.9. The molecule has 0 saturated carbocycles. The molecule has 2 heteroatoms. The number of allylic oxidation sites excluding steroid dienone is 1. The summed E-state index contributed by atoms with van der Waals surface area (Å²) in [6, 6.07) is 9.42. The first kappa shape index (κ1) is 8.83. The molecule has 1 aromatic carbocycles. The molecule has 0 aliphatic rings. The summed E-state index contributed by atoms with van der Waals surface area (Å²) in [4.78, 5) is 0. The van der Waals surface area contributed by atoms with Crippen molar-refractivity contribution in [2.45, 2.75) is 6.92 Å². The third-order valence-corrected chi connectivity index (χ3v) is 1.68. The second kappa shape index (κ2) is 3.94. The predicted octanol–water partition coefficient (Wildman–Crippen LogP) is 3.27. The maximum absolute atomic E-state index is 8.51. The van der Waals surface area contributed by atoms with Gasteiger partial charge in [0.2, 0.25) is 0 Å². The van der Waals surface area contributed by atoms with Gasteiger partial charge in [-0.05, 0) is 30.7 Å². The molecule has 12 heavy (non-hydrogen) atoms. The van der Waals surface area contributed by atoms with Gasteiger partial charge in [-0.15, -0.1) is 0 Å². The van der Waals surface area contributed by atoms with Crippen LogP contribution in [-0.4, -0.2) is 0 Å². The van der Waals surface area contributed by atoms with Crippen LogP contribution < -0.4 is 0 Å². The van der Waals surface area contributed by atoms with Gasteiger partial charge in [0.1, 0.15) is 0 Å². The number of nitriles is 1. The van der Waals surface area contributed by atoms with Crippen molar-refractivity contribution in [1.82, 2.24) is 0 Å². The first-order valence-corrected chi connectivity index (χ1v) is 3.94. The minimum atomic E-state index is 0.692. The van der Waals surface area contributed by atoms with Crippen molar-refractivity contribution in [1.29, 1.82) is 5.26 Å². The van der Waals surface area contributed by atoms with Crippen molar-refractivity contribution in [2.24, 2.45) is 0 Å². The molecule has 0 heterocycles. The lowest BCUT2D eigenvalue weighted by Gasteiger charge is -1.92. The van der Waals surface area contributed by atoms with Crippen molar-refractivity contribution < 1.29 is 0 Å². The van der Waals surface area contributed by atoms with Crippen molar-refractivity contribution >= 4 is 17.7 Å². The Balaban J connectivity index is 2.93. The maximum Gasteiger partial charge on any atom is 0.0944 e. The summed E-state index contributed by atoms with van der Waals surface area (Å²) in [5.41, 5.74) is 1.69. The highest BCUT2D eigenvalue weighted by molar-refractivity contribution is 6.30. The quantitative estimate of drug-likeness (QED) is 0.604. The van der Waals surface area contributed by atoms with Crippen LogP contribution in [0.3, 0.4) is 0 Å². The minimum absolute atomic E-state index is 0.692. The molecule has 0 atom stereocenters. The molecule has 0 unspecified atom stereocenters. The Bertz CT molecular complexity index is 330.